The molecule has 1 N–H and O–H groups in total. The SMILES string of the molecule is N#Cc1cccc(CN2CCNCC23CCCCC3)c1F. The topological polar surface area (TPSA) is 39.1 Å². The molecule has 1 saturated carbocycles. The summed E-state index contributed by atoms with van der Waals surface area (Å²) in [7, 11) is 0. The van der Waals surface area contributed by atoms with Crippen molar-refractivity contribution in [3.8, 4) is 6.07 Å². The van der Waals surface area contributed by atoms with Gasteiger partial charge < -0.3 is 5.32 Å². The van der Waals surface area contributed by atoms with Crippen molar-refractivity contribution in [2.45, 2.75) is 44.2 Å². The summed E-state index contributed by atoms with van der Waals surface area (Å²) in [5.41, 5.74) is 0.993. The van der Waals surface area contributed by atoms with Crippen LogP contribution in [0.3, 0.4) is 0 Å². The summed E-state index contributed by atoms with van der Waals surface area (Å²) in [6.45, 7) is 3.53. The molecule has 112 valence electrons. The van der Waals surface area contributed by atoms with Crippen molar-refractivity contribution < 1.29 is 4.39 Å². The van der Waals surface area contributed by atoms with Crippen molar-refractivity contribution in [1.82, 2.24) is 10.2 Å². The van der Waals surface area contributed by atoms with Crippen LogP contribution >= 0.6 is 0 Å². The summed E-state index contributed by atoms with van der Waals surface area (Å²) in [5.74, 6) is -0.343. The molecule has 1 aromatic rings. The number of hydrogen-bond acceptors (Lipinski definition) is 3. The van der Waals surface area contributed by atoms with Crippen LogP contribution in [0, 0.1) is 17.1 Å². The van der Waals surface area contributed by atoms with Crippen molar-refractivity contribution >= 4 is 0 Å². The van der Waals surface area contributed by atoms with E-state index in [1.807, 2.05) is 12.1 Å². The van der Waals surface area contributed by atoms with E-state index < -0.39 is 0 Å². The number of nitrogens with one attached hydrogen (secondary N) is 1. The van der Waals surface area contributed by atoms with Gasteiger partial charge >= 0.3 is 0 Å². The van der Waals surface area contributed by atoms with Crippen LogP contribution in [0.1, 0.15) is 43.2 Å². The van der Waals surface area contributed by atoms with Crippen LogP contribution in [0.2, 0.25) is 0 Å². The highest BCUT2D eigenvalue weighted by atomic mass is 19.1. The zero-order valence-electron chi connectivity index (χ0n) is 12.4. The number of nitriles is 1. The molecule has 1 saturated heterocycles. The van der Waals surface area contributed by atoms with E-state index in [2.05, 4.69) is 10.2 Å². The molecule has 3 nitrogen and oxygen atoms in total. The van der Waals surface area contributed by atoms with Gasteiger partial charge in [-0.05, 0) is 18.9 Å². The molecular formula is C17H22FN3. The standard InChI is InChI=1S/C17H22FN3/c18-16-14(11-19)5-4-6-15(16)12-21-10-9-20-13-17(21)7-2-1-3-8-17/h4-6,20H,1-3,7-10,12-13H2. The van der Waals surface area contributed by atoms with Gasteiger partial charge in [-0.3, -0.25) is 4.90 Å². The van der Waals surface area contributed by atoms with Gasteiger partial charge in [0.05, 0.1) is 5.56 Å². The molecule has 0 aromatic heterocycles. The minimum absolute atomic E-state index is 0.153. The summed E-state index contributed by atoms with van der Waals surface area (Å²) in [4.78, 5) is 2.45. The Kier molecular flexibility index (Phi) is 4.23. The van der Waals surface area contributed by atoms with Crippen molar-refractivity contribution in [3.05, 3.63) is 35.1 Å². The summed E-state index contributed by atoms with van der Waals surface area (Å²) < 4.78 is 14.3. The van der Waals surface area contributed by atoms with Crippen LogP contribution in [0.4, 0.5) is 4.39 Å². The molecule has 1 aliphatic carbocycles. The molecule has 1 aromatic carbocycles. The second-order valence-electron chi connectivity index (χ2n) is 6.27. The molecule has 0 atom stereocenters. The molecule has 2 aliphatic rings. The van der Waals surface area contributed by atoms with Crippen molar-refractivity contribution in [2.24, 2.45) is 0 Å². The smallest absolute Gasteiger partial charge is 0.145 e. The molecule has 1 aliphatic heterocycles. The predicted octanol–water partition coefficient (Wildman–Crippen LogP) is 2.81. The third kappa shape index (κ3) is 2.81. The fourth-order valence-corrected chi connectivity index (χ4v) is 3.83. The lowest BCUT2D eigenvalue weighted by Crippen LogP contribution is -2.61. The molecule has 0 unspecified atom stereocenters. The summed E-state index contributed by atoms with van der Waals surface area (Å²) in [6, 6.07) is 7.09. The molecular weight excluding hydrogens is 265 g/mol. The van der Waals surface area contributed by atoms with Crippen LogP contribution in [0.15, 0.2) is 18.2 Å². The maximum absolute atomic E-state index is 14.3. The summed E-state index contributed by atoms with van der Waals surface area (Å²) >= 11 is 0. The van der Waals surface area contributed by atoms with Gasteiger partial charge in [0.1, 0.15) is 11.9 Å². The first-order valence-corrected chi connectivity index (χ1v) is 7.88. The summed E-state index contributed by atoms with van der Waals surface area (Å²) in [6.07, 6.45) is 6.23. The van der Waals surface area contributed by atoms with E-state index in [4.69, 9.17) is 5.26 Å². The normalized spacial score (nSPS) is 22.1. The fourth-order valence-electron chi connectivity index (χ4n) is 3.83. The Bertz CT molecular complexity index is 535. The lowest BCUT2D eigenvalue weighted by atomic mass is 9.79. The van der Waals surface area contributed by atoms with Crippen molar-refractivity contribution in [1.29, 1.82) is 5.26 Å². The minimum Gasteiger partial charge on any atom is -0.314 e. The van der Waals surface area contributed by atoms with Gasteiger partial charge in [0.2, 0.25) is 0 Å². The molecule has 1 heterocycles. The molecule has 0 amide bonds. The van der Waals surface area contributed by atoms with Crippen LogP contribution in [0.5, 0.6) is 0 Å². The highest BCUT2D eigenvalue weighted by molar-refractivity contribution is 5.35. The van der Waals surface area contributed by atoms with Crippen LogP contribution in [-0.4, -0.2) is 30.1 Å². The highest BCUT2D eigenvalue weighted by Crippen LogP contribution is 2.35. The average Bonchev–Trinajstić information content (AvgIpc) is 2.52. The first-order valence-electron chi connectivity index (χ1n) is 7.88. The van der Waals surface area contributed by atoms with E-state index in [1.165, 1.54) is 32.1 Å². The van der Waals surface area contributed by atoms with E-state index in [-0.39, 0.29) is 16.9 Å². The Labute approximate surface area is 125 Å². The Morgan fingerprint density at radius 1 is 1.29 bits per heavy atom. The van der Waals surface area contributed by atoms with E-state index in [0.29, 0.717) is 12.1 Å². The van der Waals surface area contributed by atoms with Gasteiger partial charge in [0.15, 0.2) is 0 Å². The molecule has 4 heteroatoms. The zero-order chi connectivity index (χ0) is 14.7. The first kappa shape index (κ1) is 14.5. The second-order valence-corrected chi connectivity index (χ2v) is 6.27. The molecule has 3 rings (SSSR count). The van der Waals surface area contributed by atoms with E-state index >= 15 is 0 Å². The molecule has 1 spiro atoms. The lowest BCUT2D eigenvalue weighted by Gasteiger charge is -2.50. The fraction of sp³-hybridized carbons (Fsp3) is 0.588. The number of halogens is 1. The van der Waals surface area contributed by atoms with Crippen LogP contribution in [0.25, 0.3) is 0 Å². The minimum atomic E-state index is -0.343. The Morgan fingerprint density at radius 2 is 2.10 bits per heavy atom. The molecule has 2 fully saturated rings. The average molecular weight is 287 g/mol. The maximum atomic E-state index is 14.3. The Morgan fingerprint density at radius 3 is 2.86 bits per heavy atom. The predicted molar refractivity (Wildman–Crippen MR) is 80.2 cm³/mol. The van der Waals surface area contributed by atoms with Gasteiger partial charge in [0, 0.05) is 37.3 Å². The lowest BCUT2D eigenvalue weighted by molar-refractivity contribution is 0.0201. The first-order chi connectivity index (χ1) is 10.2. The van der Waals surface area contributed by atoms with E-state index in [9.17, 15) is 4.39 Å². The number of nitrogens with zero attached hydrogens (tertiary/aromatic N) is 2. The maximum Gasteiger partial charge on any atom is 0.145 e. The van der Waals surface area contributed by atoms with Gasteiger partial charge in [0.25, 0.3) is 0 Å². The van der Waals surface area contributed by atoms with Crippen LogP contribution < -0.4 is 5.32 Å². The number of hydrogen-bond donors (Lipinski definition) is 1. The molecule has 0 bridgehead atoms. The van der Waals surface area contributed by atoms with Crippen molar-refractivity contribution in [3.63, 3.8) is 0 Å². The number of rotatable bonds is 2. The Hall–Kier alpha value is -1.44. The number of piperazine rings is 1. The zero-order valence-corrected chi connectivity index (χ0v) is 12.4. The largest absolute Gasteiger partial charge is 0.314 e. The van der Waals surface area contributed by atoms with Gasteiger partial charge in [-0.15, -0.1) is 0 Å². The third-order valence-corrected chi connectivity index (χ3v) is 5.03. The van der Waals surface area contributed by atoms with Gasteiger partial charge in [-0.25, -0.2) is 4.39 Å². The quantitative estimate of drug-likeness (QED) is 0.909. The van der Waals surface area contributed by atoms with Gasteiger partial charge in [-0.2, -0.15) is 5.26 Å². The number of benzene rings is 1. The molecule has 0 radical (unpaired) electrons. The van der Waals surface area contributed by atoms with E-state index in [0.717, 1.165) is 19.6 Å². The monoisotopic (exact) mass is 287 g/mol. The third-order valence-electron chi connectivity index (χ3n) is 5.03. The Balaban J connectivity index is 1.84. The second kappa shape index (κ2) is 6.13. The molecule has 21 heavy (non-hydrogen) atoms. The van der Waals surface area contributed by atoms with E-state index in [1.54, 1.807) is 12.1 Å². The van der Waals surface area contributed by atoms with Gasteiger partial charge in [-0.1, -0.05) is 31.4 Å². The summed E-state index contributed by atoms with van der Waals surface area (Å²) in [5, 5.41) is 12.5. The highest BCUT2D eigenvalue weighted by Gasteiger charge is 2.39. The van der Waals surface area contributed by atoms with Crippen LogP contribution in [-0.2, 0) is 6.54 Å². The van der Waals surface area contributed by atoms with Crippen molar-refractivity contribution in [2.75, 3.05) is 19.6 Å².